The Morgan fingerprint density at radius 2 is 2.45 bits per heavy atom. The molecule has 0 saturated carbocycles. The van der Waals surface area contributed by atoms with Gasteiger partial charge in [0.25, 0.3) is 0 Å². The van der Waals surface area contributed by atoms with Crippen LogP contribution in [0.15, 0.2) is 6.20 Å². The molecule has 0 spiro atoms. The first kappa shape index (κ1) is 8.07. The third-order valence-electron chi connectivity index (χ3n) is 1.44. The number of anilines is 1. The summed E-state index contributed by atoms with van der Waals surface area (Å²) in [4.78, 5) is 0. The molecule has 1 aromatic heterocycles. The van der Waals surface area contributed by atoms with Gasteiger partial charge in [-0.25, -0.2) is 0 Å². The Labute approximate surface area is 66.2 Å². The quantitative estimate of drug-likeness (QED) is 0.593. The van der Waals surface area contributed by atoms with E-state index in [-0.39, 0.29) is 0 Å². The summed E-state index contributed by atoms with van der Waals surface area (Å²) in [5.74, 6) is 0. The molecule has 1 heterocycles. The Kier molecular flexibility index (Phi) is 2.48. The van der Waals surface area contributed by atoms with Crippen molar-refractivity contribution in [2.75, 3.05) is 5.73 Å². The van der Waals surface area contributed by atoms with E-state index in [0.717, 1.165) is 17.9 Å². The van der Waals surface area contributed by atoms with Crippen molar-refractivity contribution >= 4 is 5.69 Å². The Balaban J connectivity index is 2.44. The van der Waals surface area contributed by atoms with Crippen molar-refractivity contribution in [2.45, 2.75) is 26.4 Å². The molecule has 4 heteroatoms. The first-order valence-corrected chi connectivity index (χ1v) is 3.71. The molecule has 0 aromatic carbocycles. The number of aromatic amines is 1. The standard InChI is InChI=1S/C7H14N4/c1-5(2)9-4-7-6(8)3-10-11-7/h3,5,9H,4,8H2,1-2H3,(H,10,11). The summed E-state index contributed by atoms with van der Waals surface area (Å²) in [6, 6.07) is 0.470. The van der Waals surface area contributed by atoms with Gasteiger partial charge in [0.05, 0.1) is 17.6 Å². The molecule has 0 aliphatic carbocycles. The summed E-state index contributed by atoms with van der Waals surface area (Å²) in [7, 11) is 0. The largest absolute Gasteiger partial charge is 0.396 e. The minimum absolute atomic E-state index is 0.470. The van der Waals surface area contributed by atoms with E-state index in [9.17, 15) is 0 Å². The van der Waals surface area contributed by atoms with Crippen LogP contribution in [0.2, 0.25) is 0 Å². The molecule has 1 aromatic rings. The second-order valence-corrected chi connectivity index (χ2v) is 2.84. The van der Waals surface area contributed by atoms with E-state index in [1.54, 1.807) is 6.20 Å². The van der Waals surface area contributed by atoms with Gasteiger partial charge in [-0.05, 0) is 0 Å². The lowest BCUT2D eigenvalue weighted by molar-refractivity contribution is 0.581. The van der Waals surface area contributed by atoms with E-state index in [1.807, 2.05) is 0 Å². The van der Waals surface area contributed by atoms with E-state index in [0.29, 0.717) is 6.04 Å². The van der Waals surface area contributed by atoms with Gasteiger partial charge in [-0.2, -0.15) is 5.10 Å². The van der Waals surface area contributed by atoms with Crippen molar-refractivity contribution in [1.82, 2.24) is 15.5 Å². The molecule has 1 rings (SSSR count). The van der Waals surface area contributed by atoms with Crippen molar-refractivity contribution in [3.05, 3.63) is 11.9 Å². The maximum atomic E-state index is 5.59. The molecule has 4 N–H and O–H groups in total. The lowest BCUT2D eigenvalue weighted by Gasteiger charge is -2.05. The molecule has 0 aliphatic heterocycles. The number of nitrogens with zero attached hydrogens (tertiary/aromatic N) is 1. The molecule has 11 heavy (non-hydrogen) atoms. The highest BCUT2D eigenvalue weighted by Gasteiger charge is 2.00. The van der Waals surface area contributed by atoms with Gasteiger partial charge in [0.2, 0.25) is 0 Å². The number of aromatic nitrogens is 2. The number of nitrogens with one attached hydrogen (secondary N) is 2. The van der Waals surface area contributed by atoms with Gasteiger partial charge in [0, 0.05) is 12.6 Å². The molecule has 0 fully saturated rings. The second kappa shape index (κ2) is 3.39. The monoisotopic (exact) mass is 154 g/mol. The van der Waals surface area contributed by atoms with E-state index in [2.05, 4.69) is 29.4 Å². The zero-order chi connectivity index (χ0) is 8.27. The van der Waals surface area contributed by atoms with Crippen LogP contribution in [0.1, 0.15) is 19.5 Å². The zero-order valence-electron chi connectivity index (χ0n) is 6.89. The fourth-order valence-corrected chi connectivity index (χ4v) is 0.770. The van der Waals surface area contributed by atoms with Gasteiger partial charge >= 0.3 is 0 Å². The normalized spacial score (nSPS) is 10.8. The third-order valence-corrected chi connectivity index (χ3v) is 1.44. The van der Waals surface area contributed by atoms with Crippen molar-refractivity contribution in [3.63, 3.8) is 0 Å². The van der Waals surface area contributed by atoms with Crippen molar-refractivity contribution in [3.8, 4) is 0 Å². The van der Waals surface area contributed by atoms with Crippen LogP contribution in [0.4, 0.5) is 5.69 Å². The number of hydrogen-bond acceptors (Lipinski definition) is 3. The van der Waals surface area contributed by atoms with Crippen LogP contribution in [0.3, 0.4) is 0 Å². The van der Waals surface area contributed by atoms with Crippen molar-refractivity contribution < 1.29 is 0 Å². The fourth-order valence-electron chi connectivity index (χ4n) is 0.770. The van der Waals surface area contributed by atoms with Gasteiger partial charge in [-0.15, -0.1) is 0 Å². The predicted octanol–water partition coefficient (Wildman–Crippen LogP) is 0.490. The highest BCUT2D eigenvalue weighted by atomic mass is 15.1. The highest BCUT2D eigenvalue weighted by Crippen LogP contribution is 2.04. The Morgan fingerprint density at radius 3 is 2.91 bits per heavy atom. The predicted molar refractivity (Wildman–Crippen MR) is 45.0 cm³/mol. The molecule has 0 saturated heterocycles. The maximum absolute atomic E-state index is 5.59. The summed E-state index contributed by atoms with van der Waals surface area (Å²) in [6.07, 6.45) is 1.62. The Morgan fingerprint density at radius 1 is 1.73 bits per heavy atom. The smallest absolute Gasteiger partial charge is 0.0743 e. The van der Waals surface area contributed by atoms with E-state index in [1.165, 1.54) is 0 Å². The van der Waals surface area contributed by atoms with Gasteiger partial charge in [0.1, 0.15) is 0 Å². The SMILES string of the molecule is CC(C)NCc1[nH]ncc1N. The van der Waals surface area contributed by atoms with E-state index in [4.69, 9.17) is 5.73 Å². The highest BCUT2D eigenvalue weighted by molar-refractivity contribution is 5.39. The van der Waals surface area contributed by atoms with Gasteiger partial charge in [-0.3, -0.25) is 5.10 Å². The number of rotatable bonds is 3. The molecule has 0 bridgehead atoms. The van der Waals surface area contributed by atoms with Crippen LogP contribution >= 0.6 is 0 Å². The molecule has 62 valence electrons. The zero-order valence-corrected chi connectivity index (χ0v) is 6.89. The summed E-state index contributed by atoms with van der Waals surface area (Å²) < 4.78 is 0. The molecule has 0 amide bonds. The lowest BCUT2D eigenvalue weighted by Crippen LogP contribution is -2.22. The van der Waals surface area contributed by atoms with Gasteiger partial charge in [-0.1, -0.05) is 13.8 Å². The molecular weight excluding hydrogens is 140 g/mol. The molecule has 0 atom stereocenters. The molecule has 0 unspecified atom stereocenters. The molecule has 0 aliphatic rings. The Bertz CT molecular complexity index is 216. The minimum atomic E-state index is 0.470. The number of nitrogens with two attached hydrogens (primary N) is 1. The van der Waals surface area contributed by atoms with Crippen LogP contribution in [-0.2, 0) is 6.54 Å². The summed E-state index contributed by atoms with van der Waals surface area (Å²) in [5.41, 5.74) is 7.27. The number of H-pyrrole nitrogens is 1. The summed E-state index contributed by atoms with van der Waals surface area (Å²) in [5, 5.41) is 9.87. The van der Waals surface area contributed by atoms with Crippen LogP contribution in [0.5, 0.6) is 0 Å². The molecular formula is C7H14N4. The number of hydrogen-bond donors (Lipinski definition) is 3. The lowest BCUT2D eigenvalue weighted by atomic mass is 10.3. The summed E-state index contributed by atoms with van der Waals surface area (Å²) in [6.45, 7) is 4.93. The molecule has 0 radical (unpaired) electrons. The number of nitrogen functional groups attached to an aromatic ring is 1. The third kappa shape index (κ3) is 2.23. The van der Waals surface area contributed by atoms with Gasteiger partial charge in [0.15, 0.2) is 0 Å². The second-order valence-electron chi connectivity index (χ2n) is 2.84. The minimum Gasteiger partial charge on any atom is -0.396 e. The average molecular weight is 154 g/mol. The van der Waals surface area contributed by atoms with Crippen LogP contribution in [0.25, 0.3) is 0 Å². The summed E-state index contributed by atoms with van der Waals surface area (Å²) >= 11 is 0. The van der Waals surface area contributed by atoms with Crippen LogP contribution < -0.4 is 11.1 Å². The fraction of sp³-hybridized carbons (Fsp3) is 0.571. The first-order valence-electron chi connectivity index (χ1n) is 3.71. The molecule has 4 nitrogen and oxygen atoms in total. The average Bonchev–Trinajstić information content (AvgIpc) is 2.31. The van der Waals surface area contributed by atoms with Crippen LogP contribution in [0, 0.1) is 0 Å². The van der Waals surface area contributed by atoms with Crippen LogP contribution in [-0.4, -0.2) is 16.2 Å². The Hall–Kier alpha value is -1.03. The first-order chi connectivity index (χ1) is 5.20. The van der Waals surface area contributed by atoms with Crippen molar-refractivity contribution in [1.29, 1.82) is 0 Å². The van der Waals surface area contributed by atoms with E-state index < -0.39 is 0 Å². The van der Waals surface area contributed by atoms with Crippen molar-refractivity contribution in [2.24, 2.45) is 0 Å². The maximum Gasteiger partial charge on any atom is 0.0743 e. The van der Waals surface area contributed by atoms with E-state index >= 15 is 0 Å². The van der Waals surface area contributed by atoms with Gasteiger partial charge < -0.3 is 11.1 Å². The topological polar surface area (TPSA) is 66.7 Å².